The number of fused-ring (bicyclic) bond motifs is 6. The van der Waals surface area contributed by atoms with Crippen molar-refractivity contribution in [2.24, 2.45) is 0 Å². The van der Waals surface area contributed by atoms with Crippen LogP contribution in [0.2, 0.25) is 0 Å². The van der Waals surface area contributed by atoms with Gasteiger partial charge < -0.3 is 29.2 Å². The summed E-state index contributed by atoms with van der Waals surface area (Å²) in [5, 5.41) is 27.2. The Bertz CT molecular complexity index is 1390. The van der Waals surface area contributed by atoms with Gasteiger partial charge in [-0.2, -0.15) is 0 Å². The Morgan fingerprint density at radius 3 is 1.15 bits per heavy atom. The van der Waals surface area contributed by atoms with Gasteiger partial charge in [0.1, 0.15) is 0 Å². The van der Waals surface area contributed by atoms with E-state index in [-0.39, 0.29) is 11.5 Å². The van der Waals surface area contributed by atoms with Gasteiger partial charge >= 0.3 is 0 Å². The van der Waals surface area contributed by atoms with Crippen LogP contribution in [0.15, 0.2) is 36.4 Å². The van der Waals surface area contributed by atoms with Crippen molar-refractivity contribution in [2.45, 2.75) is 78.6 Å². The van der Waals surface area contributed by atoms with Gasteiger partial charge in [-0.05, 0) is 88.0 Å². The quantitative estimate of drug-likeness (QED) is 0.107. The zero-order valence-electron chi connectivity index (χ0n) is 24.5. The third-order valence-electron chi connectivity index (χ3n) is 7.39. The van der Waals surface area contributed by atoms with Crippen LogP contribution in [0.1, 0.15) is 78.6 Å². The molecule has 0 aliphatic heterocycles. The van der Waals surface area contributed by atoms with Gasteiger partial charge in [0.2, 0.25) is 0 Å². The number of methoxy groups -OCH3 is 1. The summed E-state index contributed by atoms with van der Waals surface area (Å²) in [6.45, 7) is 8.15. The summed E-state index contributed by atoms with van der Waals surface area (Å²) < 4.78 is 23.9. The summed E-state index contributed by atoms with van der Waals surface area (Å²) in [6.07, 6.45) is 9.37. The van der Waals surface area contributed by atoms with Crippen LogP contribution in [0.5, 0.6) is 34.5 Å². The molecule has 0 radical (unpaired) electrons. The normalized spacial score (nSPS) is 11.4. The van der Waals surface area contributed by atoms with E-state index in [2.05, 4.69) is 20.8 Å². The summed E-state index contributed by atoms with van der Waals surface area (Å²) in [5.41, 5.74) is 0. The second-order valence-electron chi connectivity index (χ2n) is 10.4. The van der Waals surface area contributed by atoms with Gasteiger partial charge in [-0.3, -0.25) is 0 Å². The monoisotopic (exact) mass is 548 g/mol. The van der Waals surface area contributed by atoms with Crippen molar-refractivity contribution in [3.05, 3.63) is 36.4 Å². The average molecular weight is 549 g/mol. The van der Waals surface area contributed by atoms with Crippen LogP contribution in [-0.4, -0.2) is 37.1 Å². The van der Waals surface area contributed by atoms with Crippen LogP contribution in [0.3, 0.4) is 0 Å². The van der Waals surface area contributed by atoms with Gasteiger partial charge in [-0.1, -0.05) is 59.3 Å². The molecule has 0 unspecified atom stereocenters. The molecule has 0 heterocycles. The number of unbranched alkanes of at least 4 members (excludes halogenated alkanes) is 6. The third-order valence-corrected chi connectivity index (χ3v) is 7.39. The molecule has 216 valence electrons. The Kier molecular flexibility index (Phi) is 10.5. The first kappa shape index (κ1) is 29.4. The van der Waals surface area contributed by atoms with Crippen LogP contribution in [-0.2, 0) is 0 Å². The molecule has 0 aliphatic rings. The molecule has 6 heteroatoms. The van der Waals surface area contributed by atoms with E-state index in [0.29, 0.717) is 42.8 Å². The van der Waals surface area contributed by atoms with Gasteiger partial charge in [-0.15, -0.1) is 0 Å². The van der Waals surface area contributed by atoms with E-state index in [1.807, 2.05) is 24.3 Å². The maximum Gasteiger partial charge on any atom is 0.161 e. The maximum atomic E-state index is 11.0. The molecule has 4 aromatic carbocycles. The van der Waals surface area contributed by atoms with Crippen LogP contribution < -0.4 is 18.9 Å². The molecule has 0 atom stereocenters. The molecule has 40 heavy (non-hydrogen) atoms. The highest BCUT2D eigenvalue weighted by Gasteiger charge is 2.18. The Hall–Kier alpha value is -3.54. The summed E-state index contributed by atoms with van der Waals surface area (Å²) >= 11 is 0. The van der Waals surface area contributed by atoms with Crippen molar-refractivity contribution in [1.29, 1.82) is 0 Å². The number of ether oxygens (including phenoxy) is 4. The molecule has 0 aliphatic carbocycles. The van der Waals surface area contributed by atoms with Crippen molar-refractivity contribution >= 4 is 32.3 Å². The van der Waals surface area contributed by atoms with E-state index in [0.717, 1.165) is 90.1 Å². The lowest BCUT2D eigenvalue weighted by Gasteiger charge is -2.18. The zero-order valence-corrected chi connectivity index (χ0v) is 24.5. The summed E-state index contributed by atoms with van der Waals surface area (Å²) in [5.74, 6) is 2.38. The number of aromatic hydroxyl groups is 2. The Labute approximate surface area is 237 Å². The minimum atomic E-state index is 0.0889. The molecule has 0 saturated heterocycles. The van der Waals surface area contributed by atoms with Crippen molar-refractivity contribution < 1.29 is 29.2 Å². The average Bonchev–Trinajstić information content (AvgIpc) is 2.96. The van der Waals surface area contributed by atoms with Crippen molar-refractivity contribution in [3.63, 3.8) is 0 Å². The number of phenols is 2. The lowest BCUT2D eigenvalue weighted by Crippen LogP contribution is -2.00. The number of benzene rings is 4. The largest absolute Gasteiger partial charge is 0.504 e. The molecule has 0 fully saturated rings. The fourth-order valence-corrected chi connectivity index (χ4v) is 5.14. The van der Waals surface area contributed by atoms with E-state index in [9.17, 15) is 10.2 Å². The predicted octanol–water partition coefficient (Wildman–Crippen LogP) is 9.27. The van der Waals surface area contributed by atoms with Gasteiger partial charge in [0.05, 0.1) is 26.9 Å². The van der Waals surface area contributed by atoms with Gasteiger partial charge in [0.25, 0.3) is 0 Å². The number of phenolic OH excluding ortho intramolecular Hbond substituents is 2. The fourth-order valence-electron chi connectivity index (χ4n) is 5.14. The molecule has 0 aromatic heterocycles. The van der Waals surface area contributed by atoms with Crippen LogP contribution in [0, 0.1) is 0 Å². The lowest BCUT2D eigenvalue weighted by molar-refractivity contribution is 0.286. The van der Waals surface area contributed by atoms with E-state index in [4.69, 9.17) is 18.9 Å². The van der Waals surface area contributed by atoms with E-state index >= 15 is 0 Å². The Balaban J connectivity index is 1.91. The van der Waals surface area contributed by atoms with Crippen molar-refractivity contribution in [3.8, 4) is 34.5 Å². The molecule has 0 amide bonds. The second kappa shape index (κ2) is 14.2. The third kappa shape index (κ3) is 6.60. The second-order valence-corrected chi connectivity index (χ2v) is 10.4. The molecule has 4 rings (SSSR count). The smallest absolute Gasteiger partial charge is 0.161 e. The Morgan fingerprint density at radius 1 is 0.450 bits per heavy atom. The first-order valence-corrected chi connectivity index (χ1v) is 14.9. The van der Waals surface area contributed by atoms with Crippen LogP contribution >= 0.6 is 0 Å². The SMILES string of the molecule is CCCCCOc1cc2c(cc1O)c1cc(OCCCCC)c(O)cc1c1cc(OCCCCC)c(OC)cc21. The highest BCUT2D eigenvalue weighted by molar-refractivity contribution is 6.26. The molecule has 4 aromatic rings. The van der Waals surface area contributed by atoms with Crippen LogP contribution in [0.25, 0.3) is 32.3 Å². The van der Waals surface area contributed by atoms with E-state index in [1.54, 1.807) is 19.2 Å². The van der Waals surface area contributed by atoms with E-state index < -0.39 is 0 Å². The predicted molar refractivity (Wildman–Crippen MR) is 164 cm³/mol. The highest BCUT2D eigenvalue weighted by atomic mass is 16.5. The summed E-state index contributed by atoms with van der Waals surface area (Å²) in [7, 11) is 1.64. The molecular formula is C34H44O6. The zero-order chi connectivity index (χ0) is 28.5. The minimum Gasteiger partial charge on any atom is -0.504 e. The van der Waals surface area contributed by atoms with Crippen molar-refractivity contribution in [2.75, 3.05) is 26.9 Å². The van der Waals surface area contributed by atoms with Gasteiger partial charge in [0, 0.05) is 0 Å². The standard InChI is InChI=1S/C34H44O6/c1-5-8-11-14-38-31-19-25-23-17-29(35)32(39-15-12-9-6-2)20-26(23)27-21-33(37-4)34(40-16-13-10-7-3)22-28(27)24(25)18-30(31)36/h17-22,35-36H,5-16H2,1-4H3. The van der Waals surface area contributed by atoms with Crippen LogP contribution in [0.4, 0.5) is 0 Å². The molecule has 0 saturated carbocycles. The summed E-state index contributed by atoms with van der Waals surface area (Å²) in [6, 6.07) is 11.3. The summed E-state index contributed by atoms with van der Waals surface area (Å²) in [4.78, 5) is 0. The first-order valence-electron chi connectivity index (χ1n) is 14.9. The fraction of sp³-hybridized carbons (Fsp3) is 0.471. The molecule has 0 spiro atoms. The van der Waals surface area contributed by atoms with Gasteiger partial charge in [-0.25, -0.2) is 0 Å². The molecule has 6 nitrogen and oxygen atoms in total. The minimum absolute atomic E-state index is 0.0889. The van der Waals surface area contributed by atoms with Crippen molar-refractivity contribution in [1.82, 2.24) is 0 Å². The molecular weight excluding hydrogens is 504 g/mol. The Morgan fingerprint density at radius 2 is 0.775 bits per heavy atom. The topological polar surface area (TPSA) is 77.4 Å². The lowest BCUT2D eigenvalue weighted by atomic mass is 9.93. The first-order chi connectivity index (χ1) is 19.5. The van der Waals surface area contributed by atoms with Gasteiger partial charge in [0.15, 0.2) is 34.5 Å². The highest BCUT2D eigenvalue weighted by Crippen LogP contribution is 2.46. The number of rotatable bonds is 16. The number of hydrogen-bond acceptors (Lipinski definition) is 6. The molecule has 2 N–H and O–H groups in total. The number of hydrogen-bond donors (Lipinski definition) is 2. The maximum absolute atomic E-state index is 11.0. The molecule has 0 bridgehead atoms. The van der Waals surface area contributed by atoms with E-state index in [1.165, 1.54) is 0 Å².